The Morgan fingerprint density at radius 1 is 1.13 bits per heavy atom. The zero-order valence-corrected chi connectivity index (χ0v) is 19.4. The molecule has 0 saturated heterocycles. The van der Waals surface area contributed by atoms with Crippen LogP contribution in [0.1, 0.15) is 77.5 Å². The van der Waals surface area contributed by atoms with Gasteiger partial charge < -0.3 is 19.9 Å². The number of carbonyl (C=O) groups is 2. The predicted octanol–water partition coefficient (Wildman–Crippen LogP) is 5.79. The van der Waals surface area contributed by atoms with Crippen molar-refractivity contribution in [2.24, 2.45) is 0 Å². The minimum absolute atomic E-state index is 0.0865. The number of rotatable bonds is 6. The number of amides is 2. The molecule has 168 valence electrons. The summed E-state index contributed by atoms with van der Waals surface area (Å²) in [5.41, 5.74) is 6.29. The van der Waals surface area contributed by atoms with Crippen LogP contribution in [0.4, 0.5) is 10.5 Å². The van der Waals surface area contributed by atoms with E-state index >= 15 is 0 Å². The molecule has 1 aliphatic carbocycles. The van der Waals surface area contributed by atoms with Gasteiger partial charge in [-0.3, -0.25) is 0 Å². The largest absolute Gasteiger partial charge is 0.461 e. The molecule has 6 heteroatoms. The van der Waals surface area contributed by atoms with Gasteiger partial charge in [-0.15, -0.1) is 0 Å². The summed E-state index contributed by atoms with van der Waals surface area (Å²) in [6.45, 7) is 10.5. The number of urea groups is 1. The fraction of sp³-hybridized carbons (Fsp3) is 0.520. The van der Waals surface area contributed by atoms with Crippen molar-refractivity contribution in [3.05, 3.63) is 51.8 Å². The van der Waals surface area contributed by atoms with Crippen molar-refractivity contribution in [3.63, 3.8) is 0 Å². The molecule has 1 aliphatic rings. The van der Waals surface area contributed by atoms with E-state index in [1.54, 1.807) is 6.92 Å². The molecule has 6 nitrogen and oxygen atoms in total. The first-order valence-electron chi connectivity index (χ1n) is 11.3. The third kappa shape index (κ3) is 5.30. The number of anilines is 1. The van der Waals surface area contributed by atoms with Crippen molar-refractivity contribution in [3.8, 4) is 0 Å². The first-order chi connectivity index (χ1) is 14.8. The Kier molecular flexibility index (Phi) is 7.42. The van der Waals surface area contributed by atoms with Crippen LogP contribution in [0.2, 0.25) is 0 Å². The average Bonchev–Trinajstić information content (AvgIpc) is 3.02. The zero-order valence-electron chi connectivity index (χ0n) is 19.4. The fourth-order valence-corrected chi connectivity index (χ4v) is 4.50. The van der Waals surface area contributed by atoms with E-state index in [4.69, 9.17) is 4.74 Å². The number of aryl methyl sites for hydroxylation is 3. The van der Waals surface area contributed by atoms with E-state index in [-0.39, 0.29) is 18.0 Å². The topological polar surface area (TPSA) is 74.4 Å². The summed E-state index contributed by atoms with van der Waals surface area (Å²) >= 11 is 0. The number of aromatic amines is 1. The molecule has 0 radical (unpaired) electrons. The van der Waals surface area contributed by atoms with Gasteiger partial charge in [-0.05, 0) is 70.2 Å². The maximum atomic E-state index is 13.4. The van der Waals surface area contributed by atoms with E-state index < -0.39 is 0 Å². The van der Waals surface area contributed by atoms with Crippen LogP contribution in [-0.2, 0) is 11.3 Å². The second kappa shape index (κ2) is 10.0. The second-order valence-electron chi connectivity index (χ2n) is 8.62. The molecule has 0 aliphatic heterocycles. The molecule has 1 saturated carbocycles. The Hall–Kier alpha value is -2.76. The monoisotopic (exact) mass is 425 g/mol. The summed E-state index contributed by atoms with van der Waals surface area (Å²) < 4.78 is 5.18. The van der Waals surface area contributed by atoms with Gasteiger partial charge in [-0.2, -0.15) is 0 Å². The Morgan fingerprint density at radius 2 is 1.84 bits per heavy atom. The summed E-state index contributed by atoms with van der Waals surface area (Å²) in [6.07, 6.45) is 5.51. The zero-order chi connectivity index (χ0) is 22.5. The molecular weight excluding hydrogens is 390 g/mol. The number of H-pyrrole nitrogens is 1. The van der Waals surface area contributed by atoms with E-state index in [9.17, 15) is 9.59 Å². The minimum Gasteiger partial charge on any atom is -0.461 e. The molecule has 1 aromatic heterocycles. The highest BCUT2D eigenvalue weighted by Crippen LogP contribution is 2.28. The van der Waals surface area contributed by atoms with Crippen LogP contribution in [0, 0.1) is 27.7 Å². The van der Waals surface area contributed by atoms with Crippen LogP contribution in [0.3, 0.4) is 0 Å². The lowest BCUT2D eigenvalue weighted by atomic mass is 9.93. The number of hydrogen-bond donors (Lipinski definition) is 2. The van der Waals surface area contributed by atoms with E-state index in [1.807, 2.05) is 44.7 Å². The van der Waals surface area contributed by atoms with Crippen molar-refractivity contribution < 1.29 is 14.3 Å². The number of esters is 1. The Bertz CT molecular complexity index is 942. The summed E-state index contributed by atoms with van der Waals surface area (Å²) in [4.78, 5) is 30.9. The van der Waals surface area contributed by atoms with Crippen LogP contribution in [0.25, 0.3) is 0 Å². The van der Waals surface area contributed by atoms with Gasteiger partial charge in [0.15, 0.2) is 0 Å². The molecule has 0 unspecified atom stereocenters. The Morgan fingerprint density at radius 3 is 2.48 bits per heavy atom. The van der Waals surface area contributed by atoms with Gasteiger partial charge in [0.1, 0.15) is 5.69 Å². The van der Waals surface area contributed by atoms with Gasteiger partial charge in [-0.1, -0.05) is 37.0 Å². The van der Waals surface area contributed by atoms with E-state index in [2.05, 4.69) is 16.4 Å². The molecule has 1 heterocycles. The fourth-order valence-electron chi connectivity index (χ4n) is 4.50. The van der Waals surface area contributed by atoms with Gasteiger partial charge in [0.25, 0.3) is 0 Å². The number of nitrogens with zero attached hydrogens (tertiary/aromatic N) is 1. The lowest BCUT2D eigenvalue weighted by molar-refractivity contribution is 0.0519. The number of benzene rings is 1. The number of ether oxygens (including phenoxy) is 1. The molecular formula is C25H35N3O3. The smallest absolute Gasteiger partial charge is 0.355 e. The molecule has 0 bridgehead atoms. The first kappa shape index (κ1) is 22.9. The maximum Gasteiger partial charge on any atom is 0.355 e. The molecule has 0 atom stereocenters. The van der Waals surface area contributed by atoms with Gasteiger partial charge >= 0.3 is 12.0 Å². The summed E-state index contributed by atoms with van der Waals surface area (Å²) in [5.74, 6) is -0.349. The van der Waals surface area contributed by atoms with Gasteiger partial charge in [-0.25, -0.2) is 9.59 Å². The molecule has 2 aromatic rings. The van der Waals surface area contributed by atoms with Crippen molar-refractivity contribution in [1.29, 1.82) is 0 Å². The second-order valence-corrected chi connectivity index (χ2v) is 8.62. The third-order valence-electron chi connectivity index (χ3n) is 6.30. The maximum absolute atomic E-state index is 13.4. The quantitative estimate of drug-likeness (QED) is 0.575. The highest BCUT2D eigenvalue weighted by molar-refractivity contribution is 5.91. The number of aromatic nitrogens is 1. The molecule has 3 rings (SSSR count). The van der Waals surface area contributed by atoms with E-state index in [1.165, 1.54) is 12.0 Å². The van der Waals surface area contributed by atoms with Crippen LogP contribution in [0.5, 0.6) is 0 Å². The first-order valence-corrected chi connectivity index (χ1v) is 11.3. The van der Waals surface area contributed by atoms with Crippen molar-refractivity contribution in [2.45, 2.75) is 79.3 Å². The van der Waals surface area contributed by atoms with Crippen molar-refractivity contribution in [2.75, 3.05) is 11.9 Å². The SMILES string of the molecule is CCOC(=O)c1[nH]c(C)c(CN(C(=O)Nc2ccc(C)cc2C)C2CCCCC2)c1C. The van der Waals surface area contributed by atoms with Gasteiger partial charge in [0.05, 0.1) is 6.61 Å². The van der Waals surface area contributed by atoms with Crippen LogP contribution in [-0.4, -0.2) is 34.5 Å². The van der Waals surface area contributed by atoms with E-state index in [0.29, 0.717) is 18.8 Å². The highest BCUT2D eigenvalue weighted by atomic mass is 16.5. The molecule has 1 aromatic carbocycles. The Labute approximate surface area is 185 Å². The van der Waals surface area contributed by atoms with Gasteiger partial charge in [0.2, 0.25) is 0 Å². The van der Waals surface area contributed by atoms with E-state index in [0.717, 1.165) is 53.8 Å². The number of nitrogens with one attached hydrogen (secondary N) is 2. The lowest BCUT2D eigenvalue weighted by Crippen LogP contribution is -2.43. The van der Waals surface area contributed by atoms with Crippen molar-refractivity contribution >= 4 is 17.7 Å². The number of hydrogen-bond acceptors (Lipinski definition) is 3. The highest BCUT2D eigenvalue weighted by Gasteiger charge is 2.28. The minimum atomic E-state index is -0.349. The van der Waals surface area contributed by atoms with Crippen LogP contribution >= 0.6 is 0 Å². The third-order valence-corrected chi connectivity index (χ3v) is 6.30. The summed E-state index contributed by atoms with van der Waals surface area (Å²) in [5, 5.41) is 3.13. The molecule has 2 N–H and O–H groups in total. The lowest BCUT2D eigenvalue weighted by Gasteiger charge is -2.35. The summed E-state index contributed by atoms with van der Waals surface area (Å²) in [7, 11) is 0. The predicted molar refractivity (Wildman–Crippen MR) is 124 cm³/mol. The molecule has 31 heavy (non-hydrogen) atoms. The standard InChI is InChI=1S/C25H35N3O3/c1-6-31-24(29)23-18(4)21(19(5)26-23)15-28(20-10-8-7-9-11-20)25(30)27-22-13-12-16(2)14-17(22)3/h12-14,20,26H,6-11,15H2,1-5H3,(H,27,30). The Balaban J connectivity index is 1.87. The molecule has 0 spiro atoms. The normalized spacial score (nSPS) is 14.4. The number of carbonyl (C=O) groups excluding carboxylic acids is 2. The summed E-state index contributed by atoms with van der Waals surface area (Å²) in [6, 6.07) is 6.16. The molecule has 2 amide bonds. The van der Waals surface area contributed by atoms with Crippen LogP contribution in [0.15, 0.2) is 18.2 Å². The van der Waals surface area contributed by atoms with Crippen LogP contribution < -0.4 is 5.32 Å². The van der Waals surface area contributed by atoms with Crippen molar-refractivity contribution in [1.82, 2.24) is 9.88 Å². The van der Waals surface area contributed by atoms with Gasteiger partial charge in [0, 0.05) is 24.0 Å². The molecule has 1 fully saturated rings. The average molecular weight is 426 g/mol.